The van der Waals surface area contributed by atoms with Crippen LogP contribution in [0.25, 0.3) is 10.9 Å². The minimum atomic E-state index is 0.144. The van der Waals surface area contributed by atoms with Gasteiger partial charge in [-0.2, -0.15) is 0 Å². The van der Waals surface area contributed by atoms with Gasteiger partial charge >= 0.3 is 0 Å². The van der Waals surface area contributed by atoms with E-state index >= 15 is 0 Å². The Kier molecular flexibility index (Phi) is 4.95. The zero-order valence-electron chi connectivity index (χ0n) is 14.6. The highest BCUT2D eigenvalue weighted by Crippen LogP contribution is 2.23. The minimum Gasteiger partial charge on any atom is -0.379 e. The molecule has 1 amide bonds. The fraction of sp³-hybridized carbons (Fsp3) is 0.500. The smallest absolute Gasteiger partial charge is 0.254 e. The van der Waals surface area contributed by atoms with E-state index in [-0.39, 0.29) is 5.91 Å². The summed E-state index contributed by atoms with van der Waals surface area (Å²) in [5, 5.41) is 0.949. The Morgan fingerprint density at radius 3 is 2.92 bits per heavy atom. The average Bonchev–Trinajstić information content (AvgIpc) is 2.68. The number of morpholine rings is 1. The molecule has 25 heavy (non-hydrogen) atoms. The van der Waals surface area contributed by atoms with Crippen molar-refractivity contribution in [3.05, 3.63) is 42.1 Å². The van der Waals surface area contributed by atoms with Gasteiger partial charge in [-0.05, 0) is 37.0 Å². The minimum absolute atomic E-state index is 0.144. The molecule has 0 N–H and O–H groups in total. The summed E-state index contributed by atoms with van der Waals surface area (Å²) >= 11 is 0. The zero-order chi connectivity index (χ0) is 17.1. The third kappa shape index (κ3) is 3.67. The van der Waals surface area contributed by atoms with Crippen LogP contribution in [0.4, 0.5) is 0 Å². The van der Waals surface area contributed by atoms with Crippen LogP contribution in [0.2, 0.25) is 0 Å². The van der Waals surface area contributed by atoms with Crippen molar-refractivity contribution in [3.8, 4) is 0 Å². The number of pyridine rings is 1. The molecule has 2 aromatic rings. The van der Waals surface area contributed by atoms with Crippen molar-refractivity contribution in [2.45, 2.75) is 12.8 Å². The standard InChI is InChI=1S/C20H25N3O2/c24-20(18-5-1-7-19-17(18)6-2-8-21-19)23-9-3-4-16(15-23)14-22-10-12-25-13-11-22/h1-2,5-8,16H,3-4,9-15H2/t16-/m0/s1. The maximum atomic E-state index is 13.1. The predicted molar refractivity (Wildman–Crippen MR) is 97.6 cm³/mol. The molecule has 0 bridgehead atoms. The SMILES string of the molecule is O=C(c1cccc2ncccc12)N1CCC[C@@H](CN2CCOCC2)C1. The van der Waals surface area contributed by atoms with E-state index in [4.69, 9.17) is 4.74 Å². The van der Waals surface area contributed by atoms with Gasteiger partial charge in [-0.25, -0.2) is 0 Å². The van der Waals surface area contributed by atoms with Gasteiger partial charge in [-0.3, -0.25) is 14.7 Å². The van der Waals surface area contributed by atoms with E-state index in [1.165, 1.54) is 6.42 Å². The van der Waals surface area contributed by atoms with Gasteiger partial charge in [0.2, 0.25) is 0 Å². The Balaban J connectivity index is 1.47. The summed E-state index contributed by atoms with van der Waals surface area (Å²) in [7, 11) is 0. The maximum absolute atomic E-state index is 13.1. The first-order valence-electron chi connectivity index (χ1n) is 9.24. The van der Waals surface area contributed by atoms with Crippen molar-refractivity contribution < 1.29 is 9.53 Å². The zero-order valence-corrected chi connectivity index (χ0v) is 14.6. The molecule has 0 saturated carbocycles. The van der Waals surface area contributed by atoms with E-state index in [0.717, 1.165) is 68.8 Å². The highest BCUT2D eigenvalue weighted by Gasteiger charge is 2.27. The van der Waals surface area contributed by atoms with Crippen molar-refractivity contribution in [2.75, 3.05) is 45.9 Å². The molecule has 1 aromatic carbocycles. The molecule has 1 aromatic heterocycles. The molecule has 132 valence electrons. The Labute approximate surface area is 148 Å². The van der Waals surface area contributed by atoms with E-state index in [1.807, 2.05) is 35.2 Å². The Hall–Kier alpha value is -1.98. The molecular weight excluding hydrogens is 314 g/mol. The van der Waals surface area contributed by atoms with Crippen LogP contribution in [0.3, 0.4) is 0 Å². The van der Waals surface area contributed by atoms with Crippen molar-refractivity contribution in [2.24, 2.45) is 5.92 Å². The molecule has 5 nitrogen and oxygen atoms in total. The molecule has 2 aliphatic heterocycles. The van der Waals surface area contributed by atoms with Gasteiger partial charge in [-0.1, -0.05) is 12.1 Å². The van der Waals surface area contributed by atoms with Crippen LogP contribution in [0.1, 0.15) is 23.2 Å². The molecule has 0 spiro atoms. The Bertz CT molecular complexity index is 737. The number of carbonyl (C=O) groups is 1. The van der Waals surface area contributed by atoms with Gasteiger partial charge in [0.05, 0.1) is 18.7 Å². The van der Waals surface area contributed by atoms with Gasteiger partial charge in [0.25, 0.3) is 5.91 Å². The summed E-state index contributed by atoms with van der Waals surface area (Å²) < 4.78 is 5.43. The lowest BCUT2D eigenvalue weighted by molar-refractivity contribution is 0.0224. The second-order valence-corrected chi connectivity index (χ2v) is 7.05. The normalized spacial score (nSPS) is 22.2. The lowest BCUT2D eigenvalue weighted by Crippen LogP contribution is -2.46. The van der Waals surface area contributed by atoms with Crippen molar-refractivity contribution >= 4 is 16.8 Å². The first kappa shape index (κ1) is 16.5. The van der Waals surface area contributed by atoms with Crippen molar-refractivity contribution in [3.63, 3.8) is 0 Å². The number of amides is 1. The molecule has 4 rings (SSSR count). The van der Waals surface area contributed by atoms with Gasteiger partial charge in [0.15, 0.2) is 0 Å². The van der Waals surface area contributed by atoms with E-state index in [0.29, 0.717) is 5.92 Å². The van der Waals surface area contributed by atoms with Crippen LogP contribution in [0, 0.1) is 5.92 Å². The molecule has 2 saturated heterocycles. The van der Waals surface area contributed by atoms with Gasteiger partial charge < -0.3 is 9.64 Å². The third-order valence-corrected chi connectivity index (χ3v) is 5.30. The number of ether oxygens (including phenoxy) is 1. The lowest BCUT2D eigenvalue weighted by Gasteiger charge is -2.37. The molecule has 3 heterocycles. The van der Waals surface area contributed by atoms with Gasteiger partial charge in [0.1, 0.15) is 0 Å². The first-order chi connectivity index (χ1) is 12.3. The predicted octanol–water partition coefficient (Wildman–Crippen LogP) is 2.42. The summed E-state index contributed by atoms with van der Waals surface area (Å²) in [4.78, 5) is 22.0. The second-order valence-electron chi connectivity index (χ2n) is 7.05. The molecule has 2 aliphatic rings. The van der Waals surface area contributed by atoms with Crippen molar-refractivity contribution in [1.29, 1.82) is 0 Å². The number of fused-ring (bicyclic) bond motifs is 1. The number of nitrogens with zero attached hydrogens (tertiary/aromatic N) is 3. The number of likely N-dealkylation sites (tertiary alicyclic amines) is 1. The fourth-order valence-corrected chi connectivity index (χ4v) is 4.01. The van der Waals surface area contributed by atoms with E-state index in [9.17, 15) is 4.79 Å². The number of aromatic nitrogens is 1. The van der Waals surface area contributed by atoms with Crippen LogP contribution in [-0.2, 0) is 4.74 Å². The van der Waals surface area contributed by atoms with Crippen LogP contribution in [0.15, 0.2) is 36.5 Å². The highest BCUT2D eigenvalue weighted by molar-refractivity contribution is 6.06. The molecule has 0 unspecified atom stereocenters. The summed E-state index contributed by atoms with van der Waals surface area (Å²) in [5.41, 5.74) is 1.66. The quantitative estimate of drug-likeness (QED) is 0.862. The number of piperidine rings is 1. The van der Waals surface area contributed by atoms with E-state index in [2.05, 4.69) is 9.88 Å². The monoisotopic (exact) mass is 339 g/mol. The Morgan fingerprint density at radius 2 is 2.04 bits per heavy atom. The van der Waals surface area contributed by atoms with Crippen LogP contribution in [0.5, 0.6) is 0 Å². The average molecular weight is 339 g/mol. The van der Waals surface area contributed by atoms with Gasteiger partial charge in [-0.15, -0.1) is 0 Å². The number of benzene rings is 1. The summed E-state index contributed by atoms with van der Waals surface area (Å²) in [6.45, 7) is 6.47. The molecule has 0 radical (unpaired) electrons. The fourth-order valence-electron chi connectivity index (χ4n) is 4.01. The highest BCUT2D eigenvalue weighted by atomic mass is 16.5. The van der Waals surface area contributed by atoms with Gasteiger partial charge in [0, 0.05) is 49.9 Å². The number of hydrogen-bond donors (Lipinski definition) is 0. The topological polar surface area (TPSA) is 45.7 Å². The Morgan fingerprint density at radius 1 is 1.16 bits per heavy atom. The number of hydrogen-bond acceptors (Lipinski definition) is 4. The largest absolute Gasteiger partial charge is 0.379 e. The summed E-state index contributed by atoms with van der Waals surface area (Å²) in [5.74, 6) is 0.703. The number of carbonyl (C=O) groups excluding carboxylic acids is 1. The third-order valence-electron chi connectivity index (χ3n) is 5.30. The molecule has 5 heteroatoms. The molecule has 1 atom stereocenters. The first-order valence-corrected chi connectivity index (χ1v) is 9.24. The van der Waals surface area contributed by atoms with Crippen LogP contribution >= 0.6 is 0 Å². The van der Waals surface area contributed by atoms with Crippen LogP contribution < -0.4 is 0 Å². The molecular formula is C20H25N3O2. The maximum Gasteiger partial charge on any atom is 0.254 e. The molecule has 0 aliphatic carbocycles. The summed E-state index contributed by atoms with van der Waals surface area (Å²) in [6, 6.07) is 9.71. The van der Waals surface area contributed by atoms with Crippen molar-refractivity contribution in [1.82, 2.24) is 14.8 Å². The molecule has 2 fully saturated rings. The van der Waals surface area contributed by atoms with Crippen LogP contribution in [-0.4, -0.2) is 66.6 Å². The second kappa shape index (κ2) is 7.50. The number of rotatable bonds is 3. The summed E-state index contributed by atoms with van der Waals surface area (Å²) in [6.07, 6.45) is 4.07. The lowest BCUT2D eigenvalue weighted by atomic mass is 9.96. The van der Waals surface area contributed by atoms with E-state index in [1.54, 1.807) is 6.20 Å². The van der Waals surface area contributed by atoms with E-state index < -0.39 is 0 Å².